The highest BCUT2D eigenvalue weighted by Gasteiger charge is 2.46. The summed E-state index contributed by atoms with van der Waals surface area (Å²) in [6, 6.07) is 2.26. The Morgan fingerprint density at radius 1 is 1.22 bits per heavy atom. The zero-order chi connectivity index (χ0) is 26.4. The SMILES string of the molecule is NC(N)=NCCCC(NC(=O)C1CCC2CN(C(=O)CCc3cccs3)CC(=O)N21)C(=O)c1nccs1. The highest BCUT2D eigenvalue weighted by Crippen LogP contribution is 2.29. The van der Waals surface area contributed by atoms with Gasteiger partial charge in [0.25, 0.3) is 0 Å². The lowest BCUT2D eigenvalue weighted by molar-refractivity contribution is -0.151. The maximum absolute atomic E-state index is 13.3. The number of amides is 3. The molecule has 2 fully saturated rings. The maximum Gasteiger partial charge on any atom is 0.243 e. The van der Waals surface area contributed by atoms with Gasteiger partial charge in [-0.25, -0.2) is 4.98 Å². The minimum Gasteiger partial charge on any atom is -0.370 e. The first kappa shape index (κ1) is 26.7. The number of thiophene rings is 1. The molecule has 0 bridgehead atoms. The van der Waals surface area contributed by atoms with E-state index in [0.717, 1.165) is 4.88 Å². The number of aromatic nitrogens is 1. The topological polar surface area (TPSA) is 164 Å². The van der Waals surface area contributed by atoms with E-state index in [1.165, 1.54) is 17.5 Å². The molecule has 0 spiro atoms. The van der Waals surface area contributed by atoms with Gasteiger partial charge in [0.2, 0.25) is 23.5 Å². The number of rotatable bonds is 11. The Hall–Kier alpha value is -3.32. The molecule has 3 atom stereocenters. The molecule has 0 aromatic carbocycles. The van der Waals surface area contributed by atoms with Crippen molar-refractivity contribution in [3.8, 4) is 0 Å². The van der Waals surface area contributed by atoms with Crippen LogP contribution in [0.3, 0.4) is 0 Å². The van der Waals surface area contributed by atoms with E-state index in [-0.39, 0.29) is 42.1 Å². The summed E-state index contributed by atoms with van der Waals surface area (Å²) in [6.07, 6.45) is 4.45. The van der Waals surface area contributed by atoms with Crippen molar-refractivity contribution in [3.05, 3.63) is 39.0 Å². The molecule has 3 unspecified atom stereocenters. The number of guanidine groups is 1. The predicted molar refractivity (Wildman–Crippen MR) is 141 cm³/mol. The van der Waals surface area contributed by atoms with E-state index >= 15 is 0 Å². The van der Waals surface area contributed by atoms with Crippen LogP contribution in [-0.4, -0.2) is 82.0 Å². The van der Waals surface area contributed by atoms with Crippen molar-refractivity contribution in [2.75, 3.05) is 19.6 Å². The molecule has 2 aliphatic heterocycles. The Kier molecular flexibility index (Phi) is 8.87. The van der Waals surface area contributed by atoms with Crippen LogP contribution in [0.1, 0.15) is 46.8 Å². The fourth-order valence-corrected chi connectivity index (χ4v) is 6.17. The van der Waals surface area contributed by atoms with Crippen molar-refractivity contribution in [2.45, 2.75) is 56.7 Å². The van der Waals surface area contributed by atoms with Gasteiger partial charge in [-0.3, -0.25) is 24.2 Å². The van der Waals surface area contributed by atoms with E-state index in [4.69, 9.17) is 11.5 Å². The van der Waals surface area contributed by atoms with E-state index in [2.05, 4.69) is 15.3 Å². The summed E-state index contributed by atoms with van der Waals surface area (Å²) in [7, 11) is 0. The molecule has 3 amide bonds. The van der Waals surface area contributed by atoms with Gasteiger partial charge in [-0.05, 0) is 43.6 Å². The van der Waals surface area contributed by atoms with Gasteiger partial charge in [0.1, 0.15) is 6.04 Å². The average Bonchev–Trinajstić information content (AvgIpc) is 3.65. The molecule has 0 radical (unpaired) electrons. The number of Topliss-reactive ketones (excluding diaryl/α,β-unsaturated/α-hetero) is 1. The summed E-state index contributed by atoms with van der Waals surface area (Å²) in [5.74, 6) is -0.982. The monoisotopic (exact) mass is 545 g/mol. The molecule has 4 heterocycles. The molecule has 2 aromatic rings. The molecule has 11 nitrogen and oxygen atoms in total. The number of hydrogen-bond donors (Lipinski definition) is 3. The van der Waals surface area contributed by atoms with Gasteiger partial charge in [-0.1, -0.05) is 6.07 Å². The number of nitrogens with two attached hydrogens (primary N) is 2. The zero-order valence-corrected chi connectivity index (χ0v) is 22.0. The fourth-order valence-electron chi connectivity index (χ4n) is 4.83. The molecule has 4 rings (SSSR count). The van der Waals surface area contributed by atoms with Crippen LogP contribution in [0.15, 0.2) is 34.1 Å². The first-order chi connectivity index (χ1) is 17.8. The lowest BCUT2D eigenvalue weighted by atomic mass is 10.1. The molecule has 2 aromatic heterocycles. The van der Waals surface area contributed by atoms with Gasteiger partial charge in [-0.15, -0.1) is 22.7 Å². The average molecular weight is 546 g/mol. The van der Waals surface area contributed by atoms with Crippen LogP contribution >= 0.6 is 22.7 Å². The zero-order valence-electron chi connectivity index (χ0n) is 20.4. The van der Waals surface area contributed by atoms with E-state index in [9.17, 15) is 19.2 Å². The van der Waals surface area contributed by atoms with Crippen molar-refractivity contribution in [1.82, 2.24) is 20.1 Å². The van der Waals surface area contributed by atoms with Crippen LogP contribution in [0.4, 0.5) is 0 Å². The Balaban J connectivity index is 1.36. The summed E-state index contributed by atoms with van der Waals surface area (Å²) in [6.45, 7) is 0.703. The van der Waals surface area contributed by atoms with E-state index in [1.54, 1.807) is 26.5 Å². The van der Waals surface area contributed by atoms with Crippen LogP contribution in [0.5, 0.6) is 0 Å². The van der Waals surface area contributed by atoms with E-state index in [1.807, 2.05) is 17.5 Å². The number of piperazine rings is 1. The largest absolute Gasteiger partial charge is 0.370 e. The molecule has 13 heteroatoms. The second kappa shape index (κ2) is 12.3. The number of carbonyl (C=O) groups is 4. The van der Waals surface area contributed by atoms with Crippen molar-refractivity contribution in [1.29, 1.82) is 0 Å². The molecule has 0 saturated carbocycles. The normalized spacial score (nSPS) is 19.8. The van der Waals surface area contributed by atoms with Crippen LogP contribution in [0.25, 0.3) is 0 Å². The summed E-state index contributed by atoms with van der Waals surface area (Å²) >= 11 is 2.82. The standard InChI is InChI=1S/C24H31N7O4S2/c25-24(26)28-9-1-4-17(21(34)23-27-10-12-37-23)29-22(35)18-7-5-15-13-30(14-20(33)31(15)18)19(32)8-6-16-3-2-11-36-16/h2-3,10-12,15,17-18H,1,4-9,13-14H2,(H,29,35)(H4,25,26,28). The number of nitrogens with zero attached hydrogens (tertiary/aromatic N) is 4. The summed E-state index contributed by atoms with van der Waals surface area (Å²) in [4.78, 5) is 64.5. The second-order valence-corrected chi connectivity index (χ2v) is 11.0. The number of thiazole rings is 1. The summed E-state index contributed by atoms with van der Waals surface area (Å²) in [5, 5.41) is 6.84. The van der Waals surface area contributed by atoms with Crippen LogP contribution < -0.4 is 16.8 Å². The summed E-state index contributed by atoms with van der Waals surface area (Å²) < 4.78 is 0. The minimum absolute atomic E-state index is 0.0357. The summed E-state index contributed by atoms with van der Waals surface area (Å²) in [5.41, 5.74) is 10.7. The lowest BCUT2D eigenvalue weighted by Crippen LogP contribution is -2.60. The molecule has 5 N–H and O–H groups in total. The number of hydrogen-bond acceptors (Lipinski definition) is 8. The van der Waals surface area contributed by atoms with Crippen molar-refractivity contribution in [2.24, 2.45) is 16.5 Å². The Morgan fingerprint density at radius 2 is 2.05 bits per heavy atom. The van der Waals surface area contributed by atoms with Gasteiger partial charge in [-0.2, -0.15) is 0 Å². The third kappa shape index (κ3) is 6.72. The second-order valence-electron chi connectivity index (χ2n) is 9.11. The van der Waals surface area contributed by atoms with Crippen molar-refractivity contribution >= 4 is 52.1 Å². The van der Waals surface area contributed by atoms with E-state index < -0.39 is 12.1 Å². The van der Waals surface area contributed by atoms with E-state index in [0.29, 0.717) is 56.6 Å². The molecule has 2 saturated heterocycles. The number of aliphatic imine (C=N–C) groups is 1. The maximum atomic E-state index is 13.3. The highest BCUT2D eigenvalue weighted by molar-refractivity contribution is 7.11. The number of carbonyl (C=O) groups excluding carboxylic acids is 4. The van der Waals surface area contributed by atoms with Crippen LogP contribution in [-0.2, 0) is 20.8 Å². The van der Waals surface area contributed by atoms with Crippen LogP contribution in [0, 0.1) is 0 Å². The van der Waals surface area contributed by atoms with Gasteiger partial charge < -0.3 is 26.6 Å². The van der Waals surface area contributed by atoms with Crippen molar-refractivity contribution < 1.29 is 19.2 Å². The molecule has 2 aliphatic rings. The minimum atomic E-state index is -0.804. The van der Waals surface area contributed by atoms with Crippen molar-refractivity contribution in [3.63, 3.8) is 0 Å². The molecule has 37 heavy (non-hydrogen) atoms. The first-order valence-electron chi connectivity index (χ1n) is 12.2. The lowest BCUT2D eigenvalue weighted by Gasteiger charge is -2.39. The highest BCUT2D eigenvalue weighted by atomic mass is 32.1. The molecule has 0 aliphatic carbocycles. The molecular weight excluding hydrogens is 514 g/mol. The molecular formula is C24H31N7O4S2. The Labute approximate surface area is 222 Å². The quantitative estimate of drug-likeness (QED) is 0.162. The predicted octanol–water partition coefficient (Wildman–Crippen LogP) is 0.760. The van der Waals surface area contributed by atoms with Gasteiger partial charge in [0.15, 0.2) is 11.0 Å². The van der Waals surface area contributed by atoms with Gasteiger partial charge in [0.05, 0.1) is 18.6 Å². The third-order valence-electron chi connectivity index (χ3n) is 6.59. The number of ketones is 1. The van der Waals surface area contributed by atoms with Gasteiger partial charge in [0, 0.05) is 36.0 Å². The Morgan fingerprint density at radius 3 is 2.76 bits per heavy atom. The Bertz CT molecular complexity index is 1130. The first-order valence-corrected chi connectivity index (χ1v) is 14.0. The third-order valence-corrected chi connectivity index (χ3v) is 8.31. The fraction of sp³-hybridized carbons (Fsp3) is 0.500. The number of nitrogens with one attached hydrogen (secondary N) is 1. The number of aryl methyl sites for hydroxylation is 1. The smallest absolute Gasteiger partial charge is 0.243 e. The molecule has 198 valence electrons. The van der Waals surface area contributed by atoms with Crippen LogP contribution in [0.2, 0.25) is 0 Å². The number of fused-ring (bicyclic) bond motifs is 1. The van der Waals surface area contributed by atoms with Gasteiger partial charge >= 0.3 is 0 Å².